The Hall–Kier alpha value is -1.46. The number of amidine groups is 1. The van der Waals surface area contributed by atoms with Crippen LogP contribution in [-0.2, 0) is 4.79 Å². The van der Waals surface area contributed by atoms with Gasteiger partial charge in [-0.25, -0.2) is 9.48 Å². The molecule has 0 aromatic carbocycles. The van der Waals surface area contributed by atoms with Gasteiger partial charge in [0, 0.05) is 13.3 Å². The highest BCUT2D eigenvalue weighted by Gasteiger charge is 2.38. The number of hydrogen-bond donors (Lipinski definition) is 1. The highest BCUT2D eigenvalue weighted by molar-refractivity contribution is 5.81. The molecule has 0 aromatic heterocycles. The number of allylic oxidation sites excluding steroid dienone is 2. The van der Waals surface area contributed by atoms with Crippen molar-refractivity contribution in [2.75, 3.05) is 6.54 Å². The van der Waals surface area contributed by atoms with E-state index in [1.54, 1.807) is 12.4 Å². The number of rotatable bonds is 17. The number of nitrogens with two attached hydrogens (primary N) is 1. The number of carbonyl (C=O) groups excluding carboxylic acids is 1. The van der Waals surface area contributed by atoms with Crippen LogP contribution in [0, 0.1) is 0 Å². The molecule has 2 atom stereocenters. The first-order valence-corrected chi connectivity index (χ1v) is 11.3. The summed E-state index contributed by atoms with van der Waals surface area (Å²) in [5.41, 5.74) is 6.07. The number of aliphatic carboxylic acids is 1. The van der Waals surface area contributed by atoms with Gasteiger partial charge in [0.25, 0.3) is 0 Å². The zero-order valence-electron chi connectivity index (χ0n) is 18.1. The van der Waals surface area contributed by atoms with Gasteiger partial charge in [-0.15, -0.1) is 0 Å². The molecule has 5 heteroatoms. The molecule has 0 saturated heterocycles. The summed E-state index contributed by atoms with van der Waals surface area (Å²) in [6, 6.07) is 0. The first kappa shape index (κ1) is 24.6. The van der Waals surface area contributed by atoms with Crippen LogP contribution in [0.5, 0.6) is 0 Å². The summed E-state index contributed by atoms with van der Waals surface area (Å²) >= 11 is 0. The summed E-state index contributed by atoms with van der Waals surface area (Å²) in [6.07, 6.45) is 23.6. The largest absolute Gasteiger partial charge is 0.544 e. The van der Waals surface area contributed by atoms with Gasteiger partial charge in [0.15, 0.2) is 0 Å². The quantitative estimate of drug-likeness (QED) is 0.227. The number of unbranched alkanes of at least 4 members (excludes halogenated alkanes) is 10. The van der Waals surface area contributed by atoms with Crippen molar-refractivity contribution in [2.45, 2.75) is 103 Å². The molecule has 1 aliphatic rings. The van der Waals surface area contributed by atoms with Crippen molar-refractivity contribution in [3.05, 3.63) is 24.6 Å². The smallest absolute Gasteiger partial charge is 0.209 e. The maximum atomic E-state index is 11.1. The Morgan fingerprint density at radius 1 is 1.07 bits per heavy atom. The van der Waals surface area contributed by atoms with Gasteiger partial charge in [-0.05, 0) is 25.7 Å². The second kappa shape index (κ2) is 14.5. The Kier molecular flexibility index (Phi) is 12.8. The molecular weight excluding hydrogens is 350 g/mol. The monoisotopic (exact) mass is 391 g/mol. The fourth-order valence-electron chi connectivity index (χ4n) is 3.74. The summed E-state index contributed by atoms with van der Waals surface area (Å²) in [6.45, 7) is 3.92. The zero-order valence-corrected chi connectivity index (χ0v) is 18.1. The fourth-order valence-corrected chi connectivity index (χ4v) is 3.74. The fraction of sp³-hybridized carbons (Fsp3) is 0.739. The van der Waals surface area contributed by atoms with Crippen molar-refractivity contribution >= 4 is 11.8 Å². The lowest BCUT2D eigenvalue weighted by Gasteiger charge is -2.36. The summed E-state index contributed by atoms with van der Waals surface area (Å²) in [4.78, 5) is 15.5. The molecule has 0 saturated carbocycles. The Labute approximate surface area is 172 Å². The normalized spacial score (nSPS) is 20.0. The van der Waals surface area contributed by atoms with Gasteiger partial charge in [0.1, 0.15) is 18.9 Å². The maximum absolute atomic E-state index is 11.1. The molecule has 1 heterocycles. The van der Waals surface area contributed by atoms with Crippen molar-refractivity contribution in [1.29, 1.82) is 0 Å². The lowest BCUT2D eigenvalue weighted by Crippen LogP contribution is -2.60. The van der Waals surface area contributed by atoms with E-state index in [9.17, 15) is 9.90 Å². The molecule has 0 bridgehead atoms. The Bertz CT molecular complexity index is 526. The van der Waals surface area contributed by atoms with Gasteiger partial charge < -0.3 is 9.90 Å². The predicted molar refractivity (Wildman–Crippen MR) is 115 cm³/mol. The molecule has 1 rings (SSSR count). The molecule has 5 nitrogen and oxygen atoms in total. The number of carboxylic acid groups (broad SMARTS) is 1. The summed E-state index contributed by atoms with van der Waals surface area (Å²) < 4.78 is 0.106. The van der Waals surface area contributed by atoms with E-state index in [-0.39, 0.29) is 17.2 Å². The number of hydrogen-bond acceptors (Lipinski definition) is 4. The van der Waals surface area contributed by atoms with Crippen molar-refractivity contribution in [1.82, 2.24) is 0 Å². The SMILES string of the molecule is CCCC/C=C/CCCCCCCCCCC1=NC=C[N+]1(CC(=O)[O-])C(C)N. The molecule has 0 aliphatic carbocycles. The van der Waals surface area contributed by atoms with Crippen molar-refractivity contribution in [3.63, 3.8) is 0 Å². The second-order valence-corrected chi connectivity index (χ2v) is 8.03. The van der Waals surface area contributed by atoms with Crippen molar-refractivity contribution < 1.29 is 14.4 Å². The highest BCUT2D eigenvalue weighted by Crippen LogP contribution is 2.23. The molecule has 160 valence electrons. The molecule has 28 heavy (non-hydrogen) atoms. The average Bonchev–Trinajstić information content (AvgIpc) is 3.05. The third-order valence-electron chi connectivity index (χ3n) is 5.57. The minimum Gasteiger partial charge on any atom is -0.544 e. The molecular formula is C23H41N3O2. The molecule has 1 aliphatic heterocycles. The van der Waals surface area contributed by atoms with Crippen LogP contribution in [0.1, 0.15) is 97.3 Å². The Balaban J connectivity index is 2.07. The maximum Gasteiger partial charge on any atom is 0.209 e. The molecule has 0 aromatic rings. The molecule has 0 amide bonds. The zero-order chi connectivity index (χ0) is 20.7. The topological polar surface area (TPSA) is 78.5 Å². The highest BCUT2D eigenvalue weighted by atomic mass is 16.4. The van der Waals surface area contributed by atoms with E-state index in [1.165, 1.54) is 64.2 Å². The van der Waals surface area contributed by atoms with E-state index < -0.39 is 5.97 Å². The summed E-state index contributed by atoms with van der Waals surface area (Å²) in [5.74, 6) is -0.237. The molecule has 2 unspecified atom stereocenters. The molecule has 2 N–H and O–H groups in total. The number of quaternary nitrogens is 1. The van der Waals surface area contributed by atoms with Gasteiger partial charge in [-0.2, -0.15) is 0 Å². The summed E-state index contributed by atoms with van der Waals surface area (Å²) in [7, 11) is 0. The van der Waals surface area contributed by atoms with Gasteiger partial charge in [-0.1, -0.05) is 70.4 Å². The molecule has 0 radical (unpaired) electrons. The van der Waals surface area contributed by atoms with Crippen LogP contribution in [0.25, 0.3) is 0 Å². The van der Waals surface area contributed by atoms with Gasteiger partial charge >= 0.3 is 0 Å². The van der Waals surface area contributed by atoms with E-state index in [2.05, 4.69) is 24.1 Å². The van der Waals surface area contributed by atoms with Gasteiger partial charge in [-0.3, -0.25) is 5.73 Å². The van der Waals surface area contributed by atoms with Crippen LogP contribution in [0.3, 0.4) is 0 Å². The first-order chi connectivity index (χ1) is 13.5. The minimum atomic E-state index is -1.09. The standard InChI is InChI=1S/C23H41N3O2/c1-3-4-5-6-7-8-9-10-11-12-13-14-15-16-17-22-25-18-19-26(22,21(2)24)20-23(27)28/h6-7,18-19,21H,3-5,8-17,20,24H2,1-2H3/b7-6+. The second-order valence-electron chi connectivity index (χ2n) is 8.03. The summed E-state index contributed by atoms with van der Waals surface area (Å²) in [5, 5.41) is 11.1. The van der Waals surface area contributed by atoms with E-state index in [4.69, 9.17) is 5.73 Å². The minimum absolute atomic E-state index is 0.106. The van der Waals surface area contributed by atoms with E-state index in [1.807, 2.05) is 6.92 Å². The number of nitrogens with zero attached hydrogens (tertiary/aromatic N) is 2. The number of carboxylic acids is 1. The van der Waals surface area contributed by atoms with Crippen molar-refractivity contribution in [2.24, 2.45) is 10.7 Å². The Morgan fingerprint density at radius 2 is 1.64 bits per heavy atom. The van der Waals surface area contributed by atoms with Crippen LogP contribution < -0.4 is 10.8 Å². The van der Waals surface area contributed by atoms with Crippen LogP contribution in [0.4, 0.5) is 0 Å². The van der Waals surface area contributed by atoms with Crippen LogP contribution in [0.2, 0.25) is 0 Å². The lowest BCUT2D eigenvalue weighted by molar-refractivity contribution is -0.808. The van der Waals surface area contributed by atoms with Gasteiger partial charge in [0.2, 0.25) is 5.84 Å². The molecule has 0 spiro atoms. The predicted octanol–water partition coefficient (Wildman–Crippen LogP) is 4.39. The van der Waals surface area contributed by atoms with Crippen LogP contribution in [-0.4, -0.2) is 29.0 Å². The van der Waals surface area contributed by atoms with E-state index in [0.717, 1.165) is 25.1 Å². The number of carbonyl (C=O) groups is 1. The number of aliphatic imine (C=N–C) groups is 1. The van der Waals surface area contributed by atoms with Crippen LogP contribution in [0.15, 0.2) is 29.5 Å². The third kappa shape index (κ3) is 9.16. The lowest BCUT2D eigenvalue weighted by atomic mass is 10.1. The Morgan fingerprint density at radius 3 is 2.21 bits per heavy atom. The first-order valence-electron chi connectivity index (χ1n) is 11.3. The van der Waals surface area contributed by atoms with Crippen LogP contribution >= 0.6 is 0 Å². The third-order valence-corrected chi connectivity index (χ3v) is 5.57. The van der Waals surface area contributed by atoms with Crippen molar-refractivity contribution in [3.8, 4) is 0 Å². The molecule has 0 fully saturated rings. The van der Waals surface area contributed by atoms with E-state index in [0.29, 0.717) is 0 Å². The average molecular weight is 392 g/mol. The van der Waals surface area contributed by atoms with E-state index >= 15 is 0 Å². The van der Waals surface area contributed by atoms with Gasteiger partial charge in [0.05, 0.1) is 12.2 Å².